The minimum atomic E-state index is -4.59. The molecule has 0 radical (unpaired) electrons. The predicted octanol–water partition coefficient (Wildman–Crippen LogP) is 4.12. The van der Waals surface area contributed by atoms with Gasteiger partial charge in [-0.15, -0.1) is 0 Å². The van der Waals surface area contributed by atoms with Crippen molar-refractivity contribution in [2.24, 2.45) is 0 Å². The number of nitrogens with zero attached hydrogens (tertiary/aromatic N) is 2. The molecule has 0 saturated carbocycles. The summed E-state index contributed by atoms with van der Waals surface area (Å²) in [5.74, 6) is -0.659. The number of halogens is 4. The number of benzene rings is 1. The summed E-state index contributed by atoms with van der Waals surface area (Å²) in [6.07, 6.45) is -3.87. The number of hydrogen-bond acceptors (Lipinski definition) is 3. The Labute approximate surface area is 119 Å². The van der Waals surface area contributed by atoms with Gasteiger partial charge in [0.2, 0.25) is 5.95 Å². The Morgan fingerprint density at radius 3 is 2.52 bits per heavy atom. The van der Waals surface area contributed by atoms with Crippen LogP contribution in [0.25, 0.3) is 11.3 Å². The van der Waals surface area contributed by atoms with E-state index in [1.807, 2.05) is 6.92 Å². The molecule has 1 aromatic heterocycles. The van der Waals surface area contributed by atoms with Crippen LogP contribution >= 0.6 is 0 Å². The van der Waals surface area contributed by atoms with E-state index in [2.05, 4.69) is 15.3 Å². The number of rotatable bonds is 4. The van der Waals surface area contributed by atoms with Crippen molar-refractivity contribution < 1.29 is 17.6 Å². The van der Waals surface area contributed by atoms with E-state index in [0.717, 1.165) is 18.6 Å². The number of aromatic nitrogens is 2. The van der Waals surface area contributed by atoms with Crippen LogP contribution in [-0.2, 0) is 6.18 Å². The molecule has 0 saturated heterocycles. The summed E-state index contributed by atoms with van der Waals surface area (Å²) in [4.78, 5) is 7.46. The summed E-state index contributed by atoms with van der Waals surface area (Å²) >= 11 is 0. The van der Waals surface area contributed by atoms with Gasteiger partial charge in [0.15, 0.2) is 5.69 Å². The van der Waals surface area contributed by atoms with Gasteiger partial charge in [0, 0.05) is 12.1 Å². The number of nitrogens with one attached hydrogen (secondary N) is 1. The van der Waals surface area contributed by atoms with Gasteiger partial charge in [0.05, 0.1) is 5.69 Å². The monoisotopic (exact) mass is 299 g/mol. The molecular formula is C14H13F4N3. The Kier molecular flexibility index (Phi) is 4.40. The van der Waals surface area contributed by atoms with Gasteiger partial charge < -0.3 is 5.32 Å². The summed E-state index contributed by atoms with van der Waals surface area (Å²) in [5, 5.41) is 2.72. The topological polar surface area (TPSA) is 37.8 Å². The zero-order valence-electron chi connectivity index (χ0n) is 11.2. The fourth-order valence-electron chi connectivity index (χ4n) is 1.70. The maximum absolute atomic E-state index is 13.2. The Hall–Kier alpha value is -2.18. The second-order valence-corrected chi connectivity index (χ2v) is 4.40. The van der Waals surface area contributed by atoms with E-state index in [0.29, 0.717) is 6.54 Å². The van der Waals surface area contributed by atoms with Gasteiger partial charge in [-0.25, -0.2) is 14.4 Å². The Morgan fingerprint density at radius 1 is 1.14 bits per heavy atom. The van der Waals surface area contributed by atoms with Crippen LogP contribution < -0.4 is 5.32 Å². The highest BCUT2D eigenvalue weighted by Crippen LogP contribution is 2.31. The minimum absolute atomic E-state index is 0.0235. The average molecular weight is 299 g/mol. The first kappa shape index (κ1) is 15.2. The third-order valence-corrected chi connectivity index (χ3v) is 2.67. The Balaban J connectivity index is 2.49. The summed E-state index contributed by atoms with van der Waals surface area (Å²) in [6, 6.07) is 6.07. The third kappa shape index (κ3) is 3.90. The maximum atomic E-state index is 13.2. The molecule has 1 N–H and O–H groups in total. The summed E-state index contributed by atoms with van der Waals surface area (Å²) < 4.78 is 51.8. The molecule has 21 heavy (non-hydrogen) atoms. The molecule has 2 aromatic rings. The highest BCUT2D eigenvalue weighted by Gasteiger charge is 2.33. The number of alkyl halides is 3. The van der Waals surface area contributed by atoms with Gasteiger partial charge >= 0.3 is 6.18 Å². The van der Waals surface area contributed by atoms with Crippen molar-refractivity contribution in [2.45, 2.75) is 19.5 Å². The fourth-order valence-corrected chi connectivity index (χ4v) is 1.70. The summed E-state index contributed by atoms with van der Waals surface area (Å²) in [6.45, 7) is 2.32. The van der Waals surface area contributed by atoms with Crippen molar-refractivity contribution in [2.75, 3.05) is 11.9 Å². The van der Waals surface area contributed by atoms with Crippen molar-refractivity contribution in [1.29, 1.82) is 0 Å². The first-order valence-corrected chi connectivity index (χ1v) is 6.36. The normalized spacial score (nSPS) is 11.5. The zero-order valence-corrected chi connectivity index (χ0v) is 11.2. The molecule has 0 atom stereocenters. The second-order valence-electron chi connectivity index (χ2n) is 4.40. The van der Waals surface area contributed by atoms with E-state index in [-0.39, 0.29) is 17.2 Å². The lowest BCUT2D eigenvalue weighted by molar-refractivity contribution is -0.141. The van der Waals surface area contributed by atoms with Crippen LogP contribution in [0.4, 0.5) is 23.5 Å². The van der Waals surface area contributed by atoms with Crippen LogP contribution in [0.1, 0.15) is 19.0 Å². The molecule has 0 aliphatic carbocycles. The lowest BCUT2D eigenvalue weighted by atomic mass is 10.1. The zero-order chi connectivity index (χ0) is 15.5. The molecular weight excluding hydrogens is 286 g/mol. The number of anilines is 1. The van der Waals surface area contributed by atoms with E-state index in [9.17, 15) is 17.6 Å². The van der Waals surface area contributed by atoms with Gasteiger partial charge in [0.1, 0.15) is 5.82 Å². The molecule has 1 heterocycles. The van der Waals surface area contributed by atoms with Crippen LogP contribution in [0.3, 0.4) is 0 Å². The van der Waals surface area contributed by atoms with E-state index < -0.39 is 17.7 Å². The van der Waals surface area contributed by atoms with Gasteiger partial charge in [-0.3, -0.25) is 0 Å². The van der Waals surface area contributed by atoms with Crippen LogP contribution in [0.15, 0.2) is 30.3 Å². The van der Waals surface area contributed by atoms with E-state index in [4.69, 9.17) is 0 Å². The molecule has 3 nitrogen and oxygen atoms in total. The highest BCUT2D eigenvalue weighted by molar-refractivity contribution is 5.61. The van der Waals surface area contributed by atoms with Crippen LogP contribution in [-0.4, -0.2) is 16.5 Å². The van der Waals surface area contributed by atoms with Gasteiger partial charge in [-0.05, 0) is 24.6 Å². The molecule has 0 fully saturated rings. The second kappa shape index (κ2) is 6.07. The SMILES string of the molecule is CCCNc1nc(-c2cccc(F)c2)cc(C(F)(F)F)n1. The molecule has 112 valence electrons. The van der Waals surface area contributed by atoms with Gasteiger partial charge in [0.25, 0.3) is 0 Å². The maximum Gasteiger partial charge on any atom is 0.433 e. The standard InChI is InChI=1S/C14H13F4N3/c1-2-6-19-13-20-11(8-12(21-13)14(16,17)18)9-4-3-5-10(15)7-9/h3-5,7-8H,2,6H2,1H3,(H,19,20,21). The van der Waals surface area contributed by atoms with Crippen molar-refractivity contribution in [3.05, 3.63) is 41.8 Å². The molecule has 0 aliphatic rings. The van der Waals surface area contributed by atoms with Crippen molar-refractivity contribution in [3.63, 3.8) is 0 Å². The van der Waals surface area contributed by atoms with Crippen LogP contribution in [0, 0.1) is 5.82 Å². The van der Waals surface area contributed by atoms with Crippen molar-refractivity contribution in [1.82, 2.24) is 9.97 Å². The Bertz CT molecular complexity index is 626. The van der Waals surface area contributed by atoms with Crippen molar-refractivity contribution >= 4 is 5.95 Å². The molecule has 0 bridgehead atoms. The smallest absolute Gasteiger partial charge is 0.354 e. The lowest BCUT2D eigenvalue weighted by Crippen LogP contribution is -2.13. The lowest BCUT2D eigenvalue weighted by Gasteiger charge is -2.11. The average Bonchev–Trinajstić information content (AvgIpc) is 2.44. The van der Waals surface area contributed by atoms with E-state index >= 15 is 0 Å². The molecule has 0 aliphatic heterocycles. The highest BCUT2D eigenvalue weighted by atomic mass is 19.4. The van der Waals surface area contributed by atoms with E-state index in [1.165, 1.54) is 18.2 Å². The van der Waals surface area contributed by atoms with Gasteiger partial charge in [-0.2, -0.15) is 13.2 Å². The molecule has 0 unspecified atom stereocenters. The molecule has 0 amide bonds. The van der Waals surface area contributed by atoms with Crippen molar-refractivity contribution in [3.8, 4) is 11.3 Å². The first-order chi connectivity index (χ1) is 9.90. The third-order valence-electron chi connectivity index (χ3n) is 2.67. The first-order valence-electron chi connectivity index (χ1n) is 6.36. The summed E-state index contributed by atoms with van der Waals surface area (Å²) in [7, 11) is 0. The minimum Gasteiger partial charge on any atom is -0.354 e. The molecule has 2 rings (SSSR count). The molecule has 0 spiro atoms. The van der Waals surface area contributed by atoms with E-state index in [1.54, 1.807) is 0 Å². The fraction of sp³-hybridized carbons (Fsp3) is 0.286. The van der Waals surface area contributed by atoms with Crippen LogP contribution in [0.2, 0.25) is 0 Å². The Morgan fingerprint density at radius 2 is 1.90 bits per heavy atom. The van der Waals surface area contributed by atoms with Crippen LogP contribution in [0.5, 0.6) is 0 Å². The molecule has 1 aromatic carbocycles. The van der Waals surface area contributed by atoms with Gasteiger partial charge in [-0.1, -0.05) is 19.1 Å². The largest absolute Gasteiger partial charge is 0.433 e. The molecule has 7 heteroatoms. The quantitative estimate of drug-likeness (QED) is 0.863. The number of hydrogen-bond donors (Lipinski definition) is 1. The predicted molar refractivity (Wildman–Crippen MR) is 71.2 cm³/mol. The summed E-state index contributed by atoms with van der Waals surface area (Å²) in [5.41, 5.74) is -0.770.